The molecule has 1 aliphatic rings. The second-order valence-corrected chi connectivity index (χ2v) is 6.10. The monoisotopic (exact) mass is 284 g/mol. The molecule has 0 aromatic rings. The highest BCUT2D eigenvalue weighted by Crippen LogP contribution is 2.38. The molecule has 1 aliphatic carbocycles. The predicted octanol–water partition coefficient (Wildman–Crippen LogP) is 1.92. The Morgan fingerprint density at radius 1 is 1.25 bits per heavy atom. The summed E-state index contributed by atoms with van der Waals surface area (Å²) in [5, 5.41) is 15.1. The Balaban J connectivity index is 2.41. The molecule has 0 radical (unpaired) electrons. The van der Waals surface area contributed by atoms with E-state index in [1.807, 2.05) is 6.92 Å². The molecule has 20 heavy (non-hydrogen) atoms. The van der Waals surface area contributed by atoms with Gasteiger partial charge in [0.1, 0.15) is 0 Å². The zero-order valence-electron chi connectivity index (χ0n) is 12.7. The molecule has 1 saturated carbocycles. The van der Waals surface area contributed by atoms with Crippen molar-refractivity contribution in [2.24, 2.45) is 5.41 Å². The summed E-state index contributed by atoms with van der Waals surface area (Å²) >= 11 is 0. The summed E-state index contributed by atoms with van der Waals surface area (Å²) < 4.78 is 0. The Morgan fingerprint density at radius 2 is 1.90 bits per heavy atom. The van der Waals surface area contributed by atoms with Crippen molar-refractivity contribution < 1.29 is 14.7 Å². The van der Waals surface area contributed by atoms with E-state index in [9.17, 15) is 9.59 Å². The van der Waals surface area contributed by atoms with Gasteiger partial charge < -0.3 is 15.7 Å². The number of carbonyl (C=O) groups is 2. The van der Waals surface area contributed by atoms with Crippen LogP contribution in [0.5, 0.6) is 0 Å². The largest absolute Gasteiger partial charge is 0.481 e. The van der Waals surface area contributed by atoms with E-state index in [2.05, 4.69) is 17.6 Å². The maximum Gasteiger partial charge on any atom is 0.303 e. The fourth-order valence-electron chi connectivity index (χ4n) is 2.80. The van der Waals surface area contributed by atoms with Crippen LogP contribution in [0.25, 0.3) is 0 Å². The summed E-state index contributed by atoms with van der Waals surface area (Å²) in [6.07, 6.45) is 6.24. The van der Waals surface area contributed by atoms with E-state index in [1.54, 1.807) is 0 Å². The number of carbonyl (C=O) groups excluding carboxylic acids is 1. The van der Waals surface area contributed by atoms with Gasteiger partial charge in [0.2, 0.25) is 5.91 Å². The summed E-state index contributed by atoms with van der Waals surface area (Å²) in [5.41, 5.74) is -0.240. The maximum atomic E-state index is 11.8. The second kappa shape index (κ2) is 8.25. The quantitative estimate of drug-likeness (QED) is 0.636. The molecular weight excluding hydrogens is 256 g/mol. The smallest absolute Gasteiger partial charge is 0.303 e. The van der Waals surface area contributed by atoms with Gasteiger partial charge in [0.05, 0.1) is 13.0 Å². The van der Waals surface area contributed by atoms with Crippen molar-refractivity contribution in [1.29, 1.82) is 0 Å². The van der Waals surface area contributed by atoms with Crippen LogP contribution >= 0.6 is 0 Å². The Bertz CT molecular complexity index is 325. The van der Waals surface area contributed by atoms with Crippen LogP contribution in [0.15, 0.2) is 0 Å². The van der Waals surface area contributed by atoms with E-state index in [4.69, 9.17) is 5.11 Å². The number of hydrogen-bond donors (Lipinski definition) is 3. The van der Waals surface area contributed by atoms with Gasteiger partial charge in [-0.1, -0.05) is 26.2 Å². The summed E-state index contributed by atoms with van der Waals surface area (Å²) in [7, 11) is 0. The first-order valence-electron chi connectivity index (χ1n) is 7.69. The Kier molecular flexibility index (Phi) is 6.99. The number of nitrogens with one attached hydrogen (secondary N) is 2. The third kappa shape index (κ3) is 5.90. The van der Waals surface area contributed by atoms with Gasteiger partial charge in [0, 0.05) is 12.6 Å². The Hall–Kier alpha value is -1.10. The number of carboxylic acid groups (broad SMARTS) is 1. The van der Waals surface area contributed by atoms with Gasteiger partial charge in [-0.2, -0.15) is 0 Å². The zero-order valence-corrected chi connectivity index (χ0v) is 12.7. The van der Waals surface area contributed by atoms with Gasteiger partial charge in [0.15, 0.2) is 0 Å². The lowest BCUT2D eigenvalue weighted by molar-refractivity contribution is -0.140. The van der Waals surface area contributed by atoms with Crippen molar-refractivity contribution in [3.05, 3.63) is 0 Å². The SMILES string of the molecule is CCC(C)NCC(=O)NCC1(CC(=O)O)CCCCC1. The number of carboxylic acids is 1. The molecule has 1 amide bonds. The Labute approximate surface area is 121 Å². The minimum Gasteiger partial charge on any atom is -0.481 e. The number of rotatable bonds is 8. The minimum atomic E-state index is -0.765. The highest BCUT2D eigenvalue weighted by atomic mass is 16.4. The van der Waals surface area contributed by atoms with Gasteiger partial charge in [0.25, 0.3) is 0 Å². The van der Waals surface area contributed by atoms with E-state index < -0.39 is 5.97 Å². The molecule has 0 saturated heterocycles. The highest BCUT2D eigenvalue weighted by Gasteiger charge is 2.34. The number of hydrogen-bond acceptors (Lipinski definition) is 3. The van der Waals surface area contributed by atoms with Crippen molar-refractivity contribution in [2.45, 2.75) is 64.8 Å². The van der Waals surface area contributed by atoms with E-state index in [-0.39, 0.29) is 17.7 Å². The second-order valence-electron chi connectivity index (χ2n) is 6.10. The lowest BCUT2D eigenvalue weighted by atomic mass is 9.71. The van der Waals surface area contributed by atoms with E-state index in [0.29, 0.717) is 19.1 Å². The molecule has 0 spiro atoms. The molecule has 0 aliphatic heterocycles. The molecule has 3 N–H and O–H groups in total. The zero-order chi connectivity index (χ0) is 15.0. The van der Waals surface area contributed by atoms with Gasteiger partial charge in [-0.05, 0) is 31.6 Å². The molecule has 1 unspecified atom stereocenters. The van der Waals surface area contributed by atoms with Crippen LogP contribution in [0, 0.1) is 5.41 Å². The van der Waals surface area contributed by atoms with Crippen LogP contribution in [0.2, 0.25) is 0 Å². The summed E-state index contributed by atoms with van der Waals surface area (Å²) in [6, 6.07) is 0.323. The van der Waals surface area contributed by atoms with Crippen LogP contribution in [-0.2, 0) is 9.59 Å². The molecule has 0 aromatic heterocycles. The van der Waals surface area contributed by atoms with Crippen molar-refractivity contribution in [2.75, 3.05) is 13.1 Å². The number of amides is 1. The molecular formula is C15H28N2O3. The first-order chi connectivity index (χ1) is 9.47. The first kappa shape index (κ1) is 17.0. The van der Waals surface area contributed by atoms with Crippen LogP contribution in [0.4, 0.5) is 0 Å². The molecule has 5 nitrogen and oxygen atoms in total. The molecule has 5 heteroatoms. The topological polar surface area (TPSA) is 78.4 Å². The van der Waals surface area contributed by atoms with Crippen molar-refractivity contribution in [3.8, 4) is 0 Å². The molecule has 0 bridgehead atoms. The number of aliphatic carboxylic acids is 1. The molecule has 1 rings (SSSR count). The average Bonchev–Trinajstić information content (AvgIpc) is 2.43. The van der Waals surface area contributed by atoms with Gasteiger partial charge >= 0.3 is 5.97 Å². The lowest BCUT2D eigenvalue weighted by Gasteiger charge is -2.36. The summed E-state index contributed by atoms with van der Waals surface area (Å²) in [6.45, 7) is 4.90. The normalized spacial score (nSPS) is 19.3. The summed E-state index contributed by atoms with van der Waals surface area (Å²) in [5.74, 6) is -0.806. The predicted molar refractivity (Wildman–Crippen MR) is 78.5 cm³/mol. The third-order valence-electron chi connectivity index (χ3n) is 4.32. The van der Waals surface area contributed by atoms with Gasteiger partial charge in [-0.25, -0.2) is 0 Å². The van der Waals surface area contributed by atoms with Gasteiger partial charge in [-0.3, -0.25) is 9.59 Å². The van der Waals surface area contributed by atoms with Crippen molar-refractivity contribution >= 4 is 11.9 Å². The fraction of sp³-hybridized carbons (Fsp3) is 0.867. The lowest BCUT2D eigenvalue weighted by Crippen LogP contribution is -2.44. The first-order valence-corrected chi connectivity index (χ1v) is 7.69. The van der Waals surface area contributed by atoms with E-state index >= 15 is 0 Å². The van der Waals surface area contributed by atoms with Crippen LogP contribution in [0.3, 0.4) is 0 Å². The summed E-state index contributed by atoms with van der Waals surface area (Å²) in [4.78, 5) is 22.9. The van der Waals surface area contributed by atoms with Gasteiger partial charge in [-0.15, -0.1) is 0 Å². The van der Waals surface area contributed by atoms with Crippen molar-refractivity contribution in [1.82, 2.24) is 10.6 Å². The fourth-order valence-corrected chi connectivity index (χ4v) is 2.80. The molecule has 0 heterocycles. The van der Waals surface area contributed by atoms with Crippen LogP contribution in [-0.4, -0.2) is 36.1 Å². The third-order valence-corrected chi connectivity index (χ3v) is 4.32. The van der Waals surface area contributed by atoms with E-state index in [1.165, 1.54) is 6.42 Å². The van der Waals surface area contributed by atoms with E-state index in [0.717, 1.165) is 32.1 Å². The van der Waals surface area contributed by atoms with Crippen molar-refractivity contribution in [3.63, 3.8) is 0 Å². The average molecular weight is 284 g/mol. The molecule has 1 atom stereocenters. The maximum absolute atomic E-state index is 11.8. The standard InChI is InChI=1S/C15H28N2O3/c1-3-12(2)16-10-13(18)17-11-15(9-14(19)20)7-5-4-6-8-15/h12,16H,3-11H2,1-2H3,(H,17,18)(H,19,20). The molecule has 0 aromatic carbocycles. The van der Waals surface area contributed by atoms with Crippen LogP contribution in [0.1, 0.15) is 58.8 Å². The Morgan fingerprint density at radius 3 is 2.45 bits per heavy atom. The molecule has 116 valence electrons. The minimum absolute atomic E-state index is 0.0411. The van der Waals surface area contributed by atoms with Crippen LogP contribution < -0.4 is 10.6 Å². The molecule has 1 fully saturated rings. The highest BCUT2D eigenvalue weighted by molar-refractivity contribution is 5.78.